The van der Waals surface area contributed by atoms with E-state index in [0.29, 0.717) is 19.4 Å². The highest BCUT2D eigenvalue weighted by Gasteiger charge is 2.16. The van der Waals surface area contributed by atoms with Crippen LogP contribution in [0.2, 0.25) is 0 Å². The third-order valence-electron chi connectivity index (χ3n) is 4.38. The van der Waals surface area contributed by atoms with Crippen molar-refractivity contribution in [3.05, 3.63) is 59.7 Å². The number of ether oxygens (including phenoxy) is 2. The Labute approximate surface area is 164 Å². The highest BCUT2D eigenvalue weighted by Crippen LogP contribution is 2.22. The molecule has 28 heavy (non-hydrogen) atoms. The molecule has 2 rings (SSSR count). The molecule has 0 spiro atoms. The molecule has 0 aliphatic heterocycles. The molecule has 2 aromatic rings. The molecule has 0 fully saturated rings. The van der Waals surface area contributed by atoms with Crippen LogP contribution in [0.5, 0.6) is 11.5 Å². The largest absolute Gasteiger partial charge is 0.497 e. The summed E-state index contributed by atoms with van der Waals surface area (Å²) in [6.45, 7) is -2.37. The van der Waals surface area contributed by atoms with Gasteiger partial charge in [0, 0.05) is 13.0 Å². The summed E-state index contributed by atoms with van der Waals surface area (Å²) in [4.78, 5) is 14.3. The first-order valence-corrected chi connectivity index (χ1v) is 9.00. The van der Waals surface area contributed by atoms with Crippen LogP contribution in [0.25, 0.3) is 0 Å². The third-order valence-corrected chi connectivity index (χ3v) is 4.38. The zero-order chi connectivity index (χ0) is 20.5. The predicted octanol–water partition coefficient (Wildman–Crippen LogP) is 3.65. The summed E-state index contributed by atoms with van der Waals surface area (Å²) in [5.41, 5.74) is 1.94. The summed E-state index contributed by atoms with van der Waals surface area (Å²) < 4.78 is 33.9. The van der Waals surface area contributed by atoms with Crippen molar-refractivity contribution in [2.75, 3.05) is 27.7 Å². The van der Waals surface area contributed by atoms with Gasteiger partial charge in [0.1, 0.15) is 11.5 Å². The minimum atomic E-state index is -2.84. The Bertz CT molecular complexity index is 752. The number of benzene rings is 2. The standard InChI is InChI=1S/C21H26F2N2O3/c1-25(2)19(16-5-4-6-18(13-16)27-3)14-24-20(26)12-9-15-7-10-17(11-8-15)28-21(22)23/h4-8,10-11,13,19,21H,9,12,14H2,1-3H3,(H,24,26). The summed E-state index contributed by atoms with van der Waals surface area (Å²) in [7, 11) is 5.54. The van der Waals surface area contributed by atoms with Crippen LogP contribution in [-0.2, 0) is 11.2 Å². The van der Waals surface area contributed by atoms with Crippen molar-refractivity contribution in [2.24, 2.45) is 0 Å². The van der Waals surface area contributed by atoms with Crippen LogP contribution >= 0.6 is 0 Å². The number of hydrogen-bond donors (Lipinski definition) is 1. The van der Waals surface area contributed by atoms with E-state index >= 15 is 0 Å². The summed E-state index contributed by atoms with van der Waals surface area (Å²) in [6, 6.07) is 14.1. The van der Waals surface area contributed by atoms with Gasteiger partial charge in [-0.05, 0) is 55.9 Å². The van der Waals surface area contributed by atoms with E-state index in [2.05, 4.69) is 10.1 Å². The fraction of sp³-hybridized carbons (Fsp3) is 0.381. The molecule has 2 aromatic carbocycles. The Balaban J connectivity index is 1.85. The zero-order valence-corrected chi connectivity index (χ0v) is 16.3. The van der Waals surface area contributed by atoms with E-state index in [9.17, 15) is 13.6 Å². The second-order valence-electron chi connectivity index (χ2n) is 6.58. The number of nitrogens with one attached hydrogen (secondary N) is 1. The van der Waals surface area contributed by atoms with E-state index < -0.39 is 6.61 Å². The van der Waals surface area contributed by atoms with Gasteiger partial charge in [0.25, 0.3) is 0 Å². The fourth-order valence-electron chi connectivity index (χ4n) is 2.84. The molecule has 1 unspecified atom stereocenters. The maximum Gasteiger partial charge on any atom is 0.387 e. The number of halogens is 2. The second-order valence-corrected chi connectivity index (χ2v) is 6.58. The van der Waals surface area contributed by atoms with E-state index in [0.717, 1.165) is 16.9 Å². The summed E-state index contributed by atoms with van der Waals surface area (Å²) in [5.74, 6) is 0.813. The van der Waals surface area contributed by atoms with E-state index in [1.165, 1.54) is 12.1 Å². The number of alkyl halides is 2. The minimum absolute atomic E-state index is 0.0184. The number of likely N-dealkylation sites (N-methyl/N-ethyl adjacent to an activating group) is 1. The van der Waals surface area contributed by atoms with Crippen molar-refractivity contribution in [3.8, 4) is 11.5 Å². The molecule has 7 heteroatoms. The first-order chi connectivity index (χ1) is 13.4. The molecule has 0 aliphatic rings. The van der Waals surface area contributed by atoms with Gasteiger partial charge in [0.15, 0.2) is 0 Å². The van der Waals surface area contributed by atoms with Crippen molar-refractivity contribution in [1.29, 1.82) is 0 Å². The van der Waals surface area contributed by atoms with E-state index in [4.69, 9.17) is 4.74 Å². The lowest BCUT2D eigenvalue weighted by Crippen LogP contribution is -2.34. The lowest BCUT2D eigenvalue weighted by molar-refractivity contribution is -0.121. The molecule has 0 aliphatic carbocycles. The number of carbonyl (C=O) groups is 1. The Hall–Kier alpha value is -2.67. The molecule has 0 saturated heterocycles. The van der Waals surface area contributed by atoms with Crippen molar-refractivity contribution < 1.29 is 23.0 Å². The van der Waals surface area contributed by atoms with Gasteiger partial charge in [-0.25, -0.2) is 0 Å². The molecule has 0 heterocycles. The highest BCUT2D eigenvalue weighted by molar-refractivity contribution is 5.76. The minimum Gasteiger partial charge on any atom is -0.497 e. The maximum atomic E-state index is 12.2. The average molecular weight is 392 g/mol. The van der Waals surface area contributed by atoms with E-state index in [-0.39, 0.29) is 17.7 Å². The molecule has 0 radical (unpaired) electrons. The second kappa shape index (κ2) is 10.6. The molecule has 0 aromatic heterocycles. The number of rotatable bonds is 10. The quantitative estimate of drug-likeness (QED) is 0.671. The molecule has 152 valence electrons. The molecule has 5 nitrogen and oxygen atoms in total. The molecule has 1 atom stereocenters. The van der Waals surface area contributed by atoms with Gasteiger partial charge in [-0.1, -0.05) is 24.3 Å². The molecule has 1 amide bonds. The van der Waals surface area contributed by atoms with Gasteiger partial charge in [0.05, 0.1) is 13.2 Å². The number of nitrogens with zero attached hydrogens (tertiary/aromatic N) is 1. The van der Waals surface area contributed by atoms with Gasteiger partial charge < -0.3 is 19.7 Å². The van der Waals surface area contributed by atoms with E-state index in [1.54, 1.807) is 19.2 Å². The van der Waals surface area contributed by atoms with Gasteiger partial charge in [-0.3, -0.25) is 4.79 Å². The third kappa shape index (κ3) is 6.81. The lowest BCUT2D eigenvalue weighted by Gasteiger charge is -2.25. The normalized spacial score (nSPS) is 12.1. The summed E-state index contributed by atoms with van der Waals surface area (Å²) in [6.07, 6.45) is 0.833. The molecular formula is C21H26F2N2O3. The first kappa shape index (κ1) is 21.6. The van der Waals surface area contributed by atoms with Crippen molar-refractivity contribution >= 4 is 5.91 Å². The maximum absolute atomic E-state index is 12.2. The van der Waals surface area contributed by atoms with Crippen LogP contribution in [-0.4, -0.2) is 45.2 Å². The Kier molecular flexibility index (Phi) is 8.19. The SMILES string of the molecule is COc1cccc(C(CNC(=O)CCc2ccc(OC(F)F)cc2)N(C)C)c1. The molecule has 0 saturated carbocycles. The van der Waals surface area contributed by atoms with E-state index in [1.807, 2.05) is 43.3 Å². The van der Waals surface area contributed by atoms with Gasteiger partial charge in [-0.2, -0.15) is 8.78 Å². The lowest BCUT2D eigenvalue weighted by atomic mass is 10.1. The van der Waals surface area contributed by atoms with Crippen LogP contribution in [0.3, 0.4) is 0 Å². The monoisotopic (exact) mass is 392 g/mol. The number of hydrogen-bond acceptors (Lipinski definition) is 4. The number of amides is 1. The van der Waals surface area contributed by atoms with Crippen LogP contribution in [0.4, 0.5) is 8.78 Å². The average Bonchev–Trinajstić information content (AvgIpc) is 2.67. The highest BCUT2D eigenvalue weighted by atomic mass is 19.3. The Morgan fingerprint density at radius 1 is 1.11 bits per heavy atom. The number of aryl methyl sites for hydroxylation is 1. The van der Waals surface area contributed by atoms with Gasteiger partial charge in [0.2, 0.25) is 5.91 Å². The van der Waals surface area contributed by atoms with Crippen LogP contribution < -0.4 is 14.8 Å². The van der Waals surface area contributed by atoms with Gasteiger partial charge in [-0.15, -0.1) is 0 Å². The van der Waals surface area contributed by atoms with Crippen molar-refractivity contribution in [1.82, 2.24) is 10.2 Å². The number of methoxy groups -OCH3 is 1. The van der Waals surface area contributed by atoms with Crippen LogP contribution in [0, 0.1) is 0 Å². The zero-order valence-electron chi connectivity index (χ0n) is 16.3. The molecule has 1 N–H and O–H groups in total. The molecular weight excluding hydrogens is 366 g/mol. The predicted molar refractivity (Wildman–Crippen MR) is 104 cm³/mol. The van der Waals surface area contributed by atoms with Crippen molar-refractivity contribution in [3.63, 3.8) is 0 Å². The first-order valence-electron chi connectivity index (χ1n) is 9.00. The summed E-state index contributed by atoms with van der Waals surface area (Å²) >= 11 is 0. The molecule has 0 bridgehead atoms. The van der Waals surface area contributed by atoms with Crippen molar-refractivity contribution in [2.45, 2.75) is 25.5 Å². The smallest absolute Gasteiger partial charge is 0.387 e. The fourth-order valence-corrected chi connectivity index (χ4v) is 2.84. The Morgan fingerprint density at radius 3 is 2.43 bits per heavy atom. The Morgan fingerprint density at radius 2 is 1.82 bits per heavy atom. The summed E-state index contributed by atoms with van der Waals surface area (Å²) in [5, 5.41) is 2.96. The van der Waals surface area contributed by atoms with Crippen LogP contribution in [0.15, 0.2) is 48.5 Å². The van der Waals surface area contributed by atoms with Crippen LogP contribution in [0.1, 0.15) is 23.6 Å². The topological polar surface area (TPSA) is 50.8 Å². The van der Waals surface area contributed by atoms with Gasteiger partial charge >= 0.3 is 6.61 Å². The number of carbonyl (C=O) groups excluding carboxylic acids is 1.